The van der Waals surface area contributed by atoms with Gasteiger partial charge >= 0.3 is 6.03 Å². The van der Waals surface area contributed by atoms with Crippen LogP contribution in [0.3, 0.4) is 0 Å². The Kier molecular flexibility index (Phi) is 6.04. The lowest BCUT2D eigenvalue weighted by molar-refractivity contribution is 0.0989. The molecule has 0 saturated carbocycles. The molecule has 0 spiro atoms. The highest BCUT2D eigenvalue weighted by atomic mass is 16.3. The van der Waals surface area contributed by atoms with Crippen molar-refractivity contribution in [3.05, 3.63) is 83.8 Å². The number of fused-ring (bicyclic) bond motifs is 1. The van der Waals surface area contributed by atoms with Gasteiger partial charge in [-0.3, -0.25) is 9.69 Å². The second-order valence-corrected chi connectivity index (χ2v) is 7.75. The number of urea groups is 1. The van der Waals surface area contributed by atoms with Gasteiger partial charge in [-0.25, -0.2) is 4.79 Å². The van der Waals surface area contributed by atoms with Crippen LogP contribution in [0.25, 0.3) is 0 Å². The molecule has 0 radical (unpaired) electrons. The van der Waals surface area contributed by atoms with Crippen LogP contribution in [0.4, 0.5) is 16.2 Å². The van der Waals surface area contributed by atoms with E-state index in [4.69, 9.17) is 4.42 Å². The van der Waals surface area contributed by atoms with Gasteiger partial charge in [0.05, 0.1) is 12.3 Å². The molecule has 4 rings (SSSR count). The van der Waals surface area contributed by atoms with E-state index in [2.05, 4.69) is 16.7 Å². The Bertz CT molecular complexity index is 1060. The molecule has 1 atom stereocenters. The molecular weight excluding hydrogens is 392 g/mol. The highest BCUT2D eigenvalue weighted by Gasteiger charge is 2.25. The zero-order chi connectivity index (χ0) is 21.8. The fourth-order valence-corrected chi connectivity index (χ4v) is 3.82. The second kappa shape index (κ2) is 9.06. The van der Waals surface area contributed by atoms with Crippen LogP contribution in [0.5, 0.6) is 0 Å². The third kappa shape index (κ3) is 4.62. The van der Waals surface area contributed by atoms with Crippen molar-refractivity contribution in [2.45, 2.75) is 12.5 Å². The molecule has 7 heteroatoms. The number of rotatable bonds is 6. The first-order chi connectivity index (χ1) is 15.0. The van der Waals surface area contributed by atoms with Gasteiger partial charge in [0, 0.05) is 30.0 Å². The van der Waals surface area contributed by atoms with Crippen LogP contribution in [-0.2, 0) is 6.42 Å². The molecule has 1 aliphatic heterocycles. The first-order valence-electron chi connectivity index (χ1n) is 10.3. The lowest BCUT2D eigenvalue weighted by Gasteiger charge is -2.22. The second-order valence-electron chi connectivity index (χ2n) is 7.75. The van der Waals surface area contributed by atoms with Gasteiger partial charge in [0.15, 0.2) is 0 Å². The Morgan fingerprint density at radius 1 is 1.10 bits per heavy atom. The molecule has 2 heterocycles. The number of likely N-dealkylation sites (N-methyl/N-ethyl adjacent to an activating group) is 1. The Hall–Kier alpha value is -3.58. The van der Waals surface area contributed by atoms with Crippen molar-refractivity contribution in [3.63, 3.8) is 0 Å². The van der Waals surface area contributed by atoms with Gasteiger partial charge in [-0.2, -0.15) is 0 Å². The third-order valence-electron chi connectivity index (χ3n) is 5.45. The van der Waals surface area contributed by atoms with Gasteiger partial charge in [0.1, 0.15) is 5.76 Å². The molecule has 0 bridgehead atoms. The summed E-state index contributed by atoms with van der Waals surface area (Å²) in [4.78, 5) is 29.3. The van der Waals surface area contributed by atoms with Crippen molar-refractivity contribution in [1.82, 2.24) is 10.2 Å². The third-order valence-corrected chi connectivity index (χ3v) is 5.45. The van der Waals surface area contributed by atoms with E-state index in [1.54, 1.807) is 35.4 Å². The zero-order valence-corrected chi connectivity index (χ0v) is 17.7. The molecular formula is C24H26N4O3. The molecule has 2 aromatic carbocycles. The van der Waals surface area contributed by atoms with E-state index in [1.807, 2.05) is 49.3 Å². The summed E-state index contributed by atoms with van der Waals surface area (Å²) in [6.07, 6.45) is 2.47. The normalized spacial score (nSPS) is 13.7. The van der Waals surface area contributed by atoms with Gasteiger partial charge in [0.25, 0.3) is 5.91 Å². The first-order valence-corrected chi connectivity index (χ1v) is 10.3. The van der Waals surface area contributed by atoms with E-state index < -0.39 is 0 Å². The molecule has 31 heavy (non-hydrogen) atoms. The van der Waals surface area contributed by atoms with E-state index in [0.29, 0.717) is 24.3 Å². The maximum Gasteiger partial charge on any atom is 0.319 e. The van der Waals surface area contributed by atoms with Crippen LogP contribution in [0, 0.1) is 0 Å². The largest absolute Gasteiger partial charge is 0.468 e. The predicted octanol–water partition coefficient (Wildman–Crippen LogP) is 3.91. The lowest BCUT2D eigenvalue weighted by atomic mass is 10.1. The monoisotopic (exact) mass is 418 g/mol. The summed E-state index contributed by atoms with van der Waals surface area (Å²) in [5.41, 5.74) is 3.24. The average molecular weight is 418 g/mol. The summed E-state index contributed by atoms with van der Waals surface area (Å²) in [5, 5.41) is 5.69. The Morgan fingerprint density at radius 3 is 2.71 bits per heavy atom. The average Bonchev–Trinajstić information content (AvgIpc) is 3.43. The van der Waals surface area contributed by atoms with Crippen molar-refractivity contribution in [2.24, 2.45) is 0 Å². The van der Waals surface area contributed by atoms with E-state index in [-0.39, 0.29) is 18.0 Å². The summed E-state index contributed by atoms with van der Waals surface area (Å²) in [6.45, 7) is 1.05. The molecule has 0 aliphatic carbocycles. The molecule has 0 fully saturated rings. The van der Waals surface area contributed by atoms with Crippen LogP contribution < -0.4 is 15.5 Å². The first kappa shape index (κ1) is 20.7. The maximum absolute atomic E-state index is 13.1. The van der Waals surface area contributed by atoms with E-state index in [1.165, 1.54) is 5.56 Å². The Labute approximate surface area is 181 Å². The highest BCUT2D eigenvalue weighted by molar-refractivity contribution is 6.08. The lowest BCUT2D eigenvalue weighted by Crippen LogP contribution is -2.36. The summed E-state index contributed by atoms with van der Waals surface area (Å²) in [7, 11) is 3.86. The molecule has 1 aromatic heterocycles. The highest BCUT2D eigenvalue weighted by Crippen LogP contribution is 2.29. The summed E-state index contributed by atoms with van der Waals surface area (Å²) < 4.78 is 5.47. The van der Waals surface area contributed by atoms with Crippen molar-refractivity contribution in [2.75, 3.05) is 37.4 Å². The number of carbonyl (C=O) groups excluding carboxylic acids is 2. The van der Waals surface area contributed by atoms with Crippen molar-refractivity contribution >= 4 is 23.3 Å². The molecule has 3 amide bonds. The molecule has 3 aromatic rings. The standard InChI is InChI=1S/C24H26N4O3/c1-27(2)21(22-11-6-14-31-22)16-25-24(30)26-19-9-5-8-18(15-19)23(29)28-13-12-17-7-3-4-10-20(17)28/h3-11,14-15,21H,12-13,16H2,1-2H3,(H2,25,26,30). The minimum absolute atomic E-state index is 0.0699. The van der Waals surface area contributed by atoms with Crippen LogP contribution in [0.1, 0.15) is 27.7 Å². The summed E-state index contributed by atoms with van der Waals surface area (Å²) in [6, 6.07) is 18.3. The number of nitrogens with zero attached hydrogens (tertiary/aromatic N) is 2. The van der Waals surface area contributed by atoms with E-state index in [0.717, 1.165) is 17.9 Å². The van der Waals surface area contributed by atoms with Crippen molar-refractivity contribution < 1.29 is 14.0 Å². The van der Waals surface area contributed by atoms with E-state index in [9.17, 15) is 9.59 Å². The van der Waals surface area contributed by atoms with Crippen LogP contribution in [0.15, 0.2) is 71.3 Å². The van der Waals surface area contributed by atoms with Gasteiger partial charge in [0.2, 0.25) is 0 Å². The molecule has 1 unspecified atom stereocenters. The van der Waals surface area contributed by atoms with Crippen molar-refractivity contribution in [1.29, 1.82) is 0 Å². The van der Waals surface area contributed by atoms with Gasteiger partial charge in [-0.15, -0.1) is 0 Å². The topological polar surface area (TPSA) is 77.8 Å². The van der Waals surface area contributed by atoms with Crippen LogP contribution in [-0.4, -0.2) is 44.0 Å². The number of furan rings is 1. The van der Waals surface area contributed by atoms with Gasteiger partial charge < -0.3 is 20.0 Å². The number of amides is 3. The van der Waals surface area contributed by atoms with Gasteiger partial charge in [-0.1, -0.05) is 24.3 Å². The van der Waals surface area contributed by atoms with Crippen LogP contribution >= 0.6 is 0 Å². The summed E-state index contributed by atoms with van der Waals surface area (Å²) in [5.74, 6) is 0.711. The summed E-state index contributed by atoms with van der Waals surface area (Å²) >= 11 is 0. The molecule has 2 N–H and O–H groups in total. The Balaban J connectivity index is 1.39. The Morgan fingerprint density at radius 2 is 1.94 bits per heavy atom. The number of benzene rings is 2. The minimum Gasteiger partial charge on any atom is -0.468 e. The molecule has 160 valence electrons. The zero-order valence-electron chi connectivity index (χ0n) is 17.7. The number of hydrogen-bond acceptors (Lipinski definition) is 4. The molecule has 0 saturated heterocycles. The fraction of sp³-hybridized carbons (Fsp3) is 0.250. The number of para-hydroxylation sites is 1. The predicted molar refractivity (Wildman–Crippen MR) is 120 cm³/mol. The quantitative estimate of drug-likeness (QED) is 0.636. The van der Waals surface area contributed by atoms with Crippen LogP contribution in [0.2, 0.25) is 0 Å². The number of anilines is 2. The van der Waals surface area contributed by atoms with E-state index >= 15 is 0 Å². The molecule has 7 nitrogen and oxygen atoms in total. The fourth-order valence-electron chi connectivity index (χ4n) is 3.82. The number of nitrogens with one attached hydrogen (secondary N) is 2. The number of hydrogen-bond donors (Lipinski definition) is 2. The smallest absolute Gasteiger partial charge is 0.319 e. The van der Waals surface area contributed by atoms with Crippen molar-refractivity contribution in [3.8, 4) is 0 Å². The van der Waals surface area contributed by atoms with Gasteiger partial charge in [-0.05, 0) is 62.5 Å². The minimum atomic E-state index is -0.338. The SMILES string of the molecule is CN(C)C(CNC(=O)Nc1cccc(C(=O)N2CCc3ccccc32)c1)c1ccco1. The molecule has 1 aliphatic rings. The maximum atomic E-state index is 13.1. The number of carbonyl (C=O) groups is 2.